The SMILES string of the molecule is Cc1ccnc(-n2c3[c-]c(Oc4[c-]c(-n5cc(-c6c(C(C)(C)C)c(C(C)C)cc(C(C)C)c6C(C)(C)C)cn5)ccc4)ccc3c3ccccc32)c1.[Pt+2]. The minimum atomic E-state index is -0.0643. The van der Waals surface area contributed by atoms with Gasteiger partial charge in [-0.1, -0.05) is 99.0 Å². The van der Waals surface area contributed by atoms with Crippen molar-refractivity contribution >= 4 is 21.8 Å². The van der Waals surface area contributed by atoms with Gasteiger partial charge < -0.3 is 9.30 Å². The van der Waals surface area contributed by atoms with Gasteiger partial charge in [-0.15, -0.1) is 35.7 Å². The van der Waals surface area contributed by atoms with Crippen molar-refractivity contribution in [3.05, 3.63) is 131 Å². The van der Waals surface area contributed by atoms with E-state index in [2.05, 4.69) is 142 Å². The van der Waals surface area contributed by atoms with E-state index in [0.29, 0.717) is 23.3 Å². The van der Waals surface area contributed by atoms with E-state index < -0.39 is 0 Å². The fourth-order valence-electron chi connectivity index (χ4n) is 7.69. The third-order valence-corrected chi connectivity index (χ3v) is 9.91. The van der Waals surface area contributed by atoms with E-state index >= 15 is 0 Å². The molecule has 0 aliphatic rings. The van der Waals surface area contributed by atoms with Gasteiger partial charge in [-0.25, -0.2) is 4.98 Å². The summed E-state index contributed by atoms with van der Waals surface area (Å²) in [6.07, 6.45) is 6.04. The summed E-state index contributed by atoms with van der Waals surface area (Å²) in [5.41, 5.74) is 11.9. The molecule has 3 heterocycles. The van der Waals surface area contributed by atoms with Crippen molar-refractivity contribution in [1.29, 1.82) is 0 Å². The molecule has 53 heavy (non-hydrogen) atoms. The summed E-state index contributed by atoms with van der Waals surface area (Å²) in [7, 11) is 0. The fraction of sp³-hybridized carbons (Fsp3) is 0.319. The van der Waals surface area contributed by atoms with E-state index in [4.69, 9.17) is 14.8 Å². The van der Waals surface area contributed by atoms with Gasteiger partial charge in [0, 0.05) is 35.0 Å². The summed E-state index contributed by atoms with van der Waals surface area (Å²) in [6, 6.07) is 32.1. The van der Waals surface area contributed by atoms with Gasteiger partial charge in [-0.3, -0.25) is 4.68 Å². The molecule has 0 saturated carbocycles. The molecule has 0 aliphatic carbocycles. The number of aryl methyl sites for hydroxylation is 1. The number of benzene rings is 4. The Morgan fingerprint density at radius 2 is 1.38 bits per heavy atom. The van der Waals surface area contributed by atoms with Gasteiger partial charge in [0.15, 0.2) is 0 Å². The van der Waals surface area contributed by atoms with Crippen molar-refractivity contribution < 1.29 is 25.8 Å². The largest absolute Gasteiger partial charge is 2.00 e. The Hall–Kier alpha value is -4.47. The van der Waals surface area contributed by atoms with Crippen LogP contribution in [0.5, 0.6) is 11.5 Å². The van der Waals surface area contributed by atoms with Gasteiger partial charge >= 0.3 is 21.1 Å². The molecule has 0 saturated heterocycles. The predicted molar refractivity (Wildman–Crippen MR) is 216 cm³/mol. The Morgan fingerprint density at radius 1 is 0.717 bits per heavy atom. The van der Waals surface area contributed by atoms with E-state index in [1.54, 1.807) is 0 Å². The first-order valence-corrected chi connectivity index (χ1v) is 18.5. The van der Waals surface area contributed by atoms with Crippen molar-refractivity contribution in [2.45, 2.75) is 98.8 Å². The van der Waals surface area contributed by atoms with Crippen LogP contribution in [0.1, 0.15) is 109 Å². The maximum Gasteiger partial charge on any atom is 2.00 e. The molecule has 0 amide bonds. The second kappa shape index (κ2) is 14.4. The minimum Gasteiger partial charge on any atom is -0.509 e. The summed E-state index contributed by atoms with van der Waals surface area (Å²) < 4.78 is 10.6. The van der Waals surface area contributed by atoms with Crippen LogP contribution in [-0.4, -0.2) is 19.3 Å². The molecule has 0 atom stereocenters. The summed E-state index contributed by atoms with van der Waals surface area (Å²) in [4.78, 5) is 4.72. The summed E-state index contributed by atoms with van der Waals surface area (Å²) in [6.45, 7) is 25.4. The minimum absolute atomic E-state index is 0. The molecule has 0 spiro atoms. The van der Waals surface area contributed by atoms with Crippen molar-refractivity contribution in [3.8, 4) is 34.1 Å². The normalized spacial score (nSPS) is 12.2. The average Bonchev–Trinajstić information content (AvgIpc) is 3.70. The molecule has 0 N–H and O–H groups in total. The number of rotatable bonds is 7. The smallest absolute Gasteiger partial charge is 0.509 e. The topological polar surface area (TPSA) is 44.9 Å². The van der Waals surface area contributed by atoms with E-state index in [1.165, 1.54) is 27.8 Å². The molecule has 0 bridgehead atoms. The van der Waals surface area contributed by atoms with Crippen LogP contribution in [0.15, 0.2) is 91.4 Å². The van der Waals surface area contributed by atoms with E-state index in [-0.39, 0.29) is 31.9 Å². The van der Waals surface area contributed by atoms with Crippen LogP contribution >= 0.6 is 0 Å². The Labute approximate surface area is 329 Å². The zero-order valence-electron chi connectivity index (χ0n) is 32.8. The first-order valence-electron chi connectivity index (χ1n) is 18.5. The fourth-order valence-corrected chi connectivity index (χ4v) is 7.69. The van der Waals surface area contributed by atoms with Crippen LogP contribution in [0.3, 0.4) is 0 Å². The number of pyridine rings is 1. The molecule has 3 aromatic heterocycles. The third-order valence-electron chi connectivity index (χ3n) is 9.91. The van der Waals surface area contributed by atoms with Crippen molar-refractivity contribution in [3.63, 3.8) is 0 Å². The van der Waals surface area contributed by atoms with Crippen LogP contribution in [0.4, 0.5) is 0 Å². The Kier molecular flexibility index (Phi) is 10.4. The molecule has 5 nitrogen and oxygen atoms in total. The number of fused-ring (bicyclic) bond motifs is 3. The first-order chi connectivity index (χ1) is 24.6. The Balaban J connectivity index is 0.00000481. The van der Waals surface area contributed by atoms with E-state index in [1.807, 2.05) is 47.4 Å². The molecule has 274 valence electrons. The molecule has 0 fully saturated rings. The quantitative estimate of drug-likeness (QED) is 0.150. The monoisotopic (exact) mass is 881 g/mol. The van der Waals surface area contributed by atoms with Crippen LogP contribution < -0.4 is 4.74 Å². The van der Waals surface area contributed by atoms with Gasteiger partial charge in [-0.05, 0) is 92.2 Å². The second-order valence-corrected chi connectivity index (χ2v) is 16.8. The zero-order chi connectivity index (χ0) is 37.1. The van der Waals surface area contributed by atoms with Crippen molar-refractivity contribution in [2.75, 3.05) is 0 Å². The molecule has 7 aromatic rings. The van der Waals surface area contributed by atoms with Gasteiger partial charge in [-0.2, -0.15) is 17.2 Å². The zero-order valence-corrected chi connectivity index (χ0v) is 35.1. The number of hydrogen-bond acceptors (Lipinski definition) is 3. The van der Waals surface area contributed by atoms with Crippen LogP contribution in [0.25, 0.3) is 44.4 Å². The first kappa shape index (κ1) is 38.3. The van der Waals surface area contributed by atoms with E-state index in [0.717, 1.165) is 44.4 Å². The predicted octanol–water partition coefficient (Wildman–Crippen LogP) is 12.6. The number of aromatic nitrogens is 4. The molecule has 0 radical (unpaired) electrons. The third kappa shape index (κ3) is 7.26. The standard InChI is InChI=1S/C47H50N4O.Pt/c1-29(2)38-26-39(30(3)4)45(47(9,10)11)43(44(38)46(6,7)8)32-27-49-50(28-32)33-15-14-16-34(24-33)52-35-19-20-37-36-17-12-13-18-40(36)51(41(37)25-35)42-23-31(5)21-22-48-42;/h12-23,26-30H,1-11H3;/q-2;+2. The van der Waals surface area contributed by atoms with Crippen LogP contribution in [0.2, 0.25) is 0 Å². The van der Waals surface area contributed by atoms with Gasteiger partial charge in [0.05, 0.1) is 6.20 Å². The Bertz CT molecular complexity index is 2390. The maximum absolute atomic E-state index is 6.48. The van der Waals surface area contributed by atoms with Gasteiger partial charge in [0.2, 0.25) is 0 Å². The van der Waals surface area contributed by atoms with Crippen molar-refractivity contribution in [1.82, 2.24) is 19.3 Å². The van der Waals surface area contributed by atoms with Crippen LogP contribution in [0, 0.1) is 19.1 Å². The van der Waals surface area contributed by atoms with Gasteiger partial charge in [0.25, 0.3) is 0 Å². The molecular formula is C47H50N4OPt. The average molecular weight is 882 g/mol. The maximum atomic E-state index is 6.48. The summed E-state index contributed by atoms with van der Waals surface area (Å²) >= 11 is 0. The molecule has 4 aromatic carbocycles. The molecule has 6 heteroatoms. The Morgan fingerprint density at radius 3 is 2.02 bits per heavy atom. The molecule has 0 unspecified atom stereocenters. The van der Waals surface area contributed by atoms with Crippen LogP contribution in [-0.2, 0) is 31.9 Å². The molecule has 7 rings (SSSR count). The molecule has 0 aliphatic heterocycles. The summed E-state index contributed by atoms with van der Waals surface area (Å²) in [5, 5.41) is 7.18. The molecular weight excluding hydrogens is 832 g/mol. The number of nitrogens with zero attached hydrogens (tertiary/aromatic N) is 4. The van der Waals surface area contributed by atoms with E-state index in [9.17, 15) is 0 Å². The number of ether oxygens (including phenoxy) is 1. The second-order valence-electron chi connectivity index (χ2n) is 16.8. The summed E-state index contributed by atoms with van der Waals surface area (Å²) in [5.74, 6) is 2.83. The number of para-hydroxylation sites is 1. The van der Waals surface area contributed by atoms with Gasteiger partial charge in [0.1, 0.15) is 5.82 Å². The van der Waals surface area contributed by atoms with Crippen molar-refractivity contribution in [2.24, 2.45) is 0 Å². The number of hydrogen-bond donors (Lipinski definition) is 0.